The fraction of sp³-hybridized carbons (Fsp3) is 0.909. The van der Waals surface area contributed by atoms with Crippen LogP contribution >= 0.6 is 0 Å². The first kappa shape index (κ1) is 11.5. The van der Waals surface area contributed by atoms with Crippen LogP contribution < -0.4 is 5.43 Å². The topological polar surface area (TPSA) is 32.3 Å². The minimum absolute atomic E-state index is 0.270. The molecule has 0 aliphatic carbocycles. The van der Waals surface area contributed by atoms with Crippen molar-refractivity contribution in [3.63, 3.8) is 0 Å². The van der Waals surface area contributed by atoms with E-state index in [9.17, 15) is 4.79 Å². The molecule has 1 rings (SSSR count). The summed E-state index contributed by atoms with van der Waals surface area (Å²) in [5.41, 5.74) is 3.23. The van der Waals surface area contributed by atoms with Crippen molar-refractivity contribution in [1.82, 2.24) is 10.4 Å². The lowest BCUT2D eigenvalue weighted by molar-refractivity contribution is -0.133. The zero-order valence-electron chi connectivity index (χ0n) is 9.38. The van der Waals surface area contributed by atoms with Crippen LogP contribution in [-0.2, 0) is 4.79 Å². The van der Waals surface area contributed by atoms with Crippen molar-refractivity contribution < 1.29 is 4.79 Å². The summed E-state index contributed by atoms with van der Waals surface area (Å²) in [6.45, 7) is 6.21. The molecule has 14 heavy (non-hydrogen) atoms. The molecule has 1 heterocycles. The van der Waals surface area contributed by atoms with Crippen molar-refractivity contribution in [2.45, 2.75) is 46.0 Å². The molecule has 1 aliphatic heterocycles. The normalized spacial score (nSPS) is 18.8. The maximum atomic E-state index is 11.6. The Bertz CT molecular complexity index is 180. The summed E-state index contributed by atoms with van der Waals surface area (Å²) in [5.74, 6) is 0.968. The van der Waals surface area contributed by atoms with Crippen LogP contribution in [0.3, 0.4) is 0 Å². The lowest BCUT2D eigenvalue weighted by Crippen LogP contribution is -2.43. The number of nitrogens with zero attached hydrogens (tertiary/aromatic N) is 1. The van der Waals surface area contributed by atoms with Gasteiger partial charge >= 0.3 is 0 Å². The standard InChI is InChI=1S/C11H22N2O/c1-10(2)7-8-12-13-9-5-3-4-6-11(13)14/h10,12H,3-9H2,1-2H3. The van der Waals surface area contributed by atoms with Gasteiger partial charge in [0.25, 0.3) is 0 Å². The maximum Gasteiger partial charge on any atom is 0.236 e. The summed E-state index contributed by atoms with van der Waals surface area (Å²) in [6.07, 6.45) is 5.23. The molecule has 0 bridgehead atoms. The minimum atomic E-state index is 0.270. The highest BCUT2D eigenvalue weighted by Crippen LogP contribution is 2.09. The van der Waals surface area contributed by atoms with Crippen molar-refractivity contribution in [3.8, 4) is 0 Å². The molecule has 82 valence electrons. The summed E-state index contributed by atoms with van der Waals surface area (Å²) in [7, 11) is 0. The number of amides is 1. The Morgan fingerprint density at radius 3 is 2.86 bits per heavy atom. The molecular formula is C11H22N2O. The number of nitrogens with one attached hydrogen (secondary N) is 1. The Hall–Kier alpha value is -0.570. The molecule has 1 N–H and O–H groups in total. The Morgan fingerprint density at radius 2 is 2.14 bits per heavy atom. The Kier molecular flexibility index (Phi) is 4.94. The van der Waals surface area contributed by atoms with Crippen LogP contribution in [0.15, 0.2) is 0 Å². The Labute approximate surface area is 86.8 Å². The van der Waals surface area contributed by atoms with Crippen molar-refractivity contribution in [2.24, 2.45) is 5.92 Å². The predicted molar refractivity (Wildman–Crippen MR) is 57.6 cm³/mol. The number of hydrogen-bond acceptors (Lipinski definition) is 2. The number of carbonyl (C=O) groups is 1. The molecule has 1 amide bonds. The molecule has 0 spiro atoms. The van der Waals surface area contributed by atoms with Gasteiger partial charge in [0.1, 0.15) is 0 Å². The van der Waals surface area contributed by atoms with Crippen LogP contribution in [0.2, 0.25) is 0 Å². The van der Waals surface area contributed by atoms with E-state index in [1.807, 2.05) is 5.01 Å². The largest absolute Gasteiger partial charge is 0.278 e. The average molecular weight is 198 g/mol. The van der Waals surface area contributed by atoms with E-state index in [0.29, 0.717) is 12.3 Å². The van der Waals surface area contributed by atoms with E-state index in [0.717, 1.165) is 32.4 Å². The molecule has 0 radical (unpaired) electrons. The van der Waals surface area contributed by atoms with Gasteiger partial charge in [-0.25, -0.2) is 5.43 Å². The highest BCUT2D eigenvalue weighted by molar-refractivity contribution is 5.75. The molecule has 1 saturated heterocycles. The zero-order valence-corrected chi connectivity index (χ0v) is 9.38. The van der Waals surface area contributed by atoms with Crippen molar-refractivity contribution in [2.75, 3.05) is 13.1 Å². The third kappa shape index (κ3) is 4.09. The molecule has 0 aromatic heterocycles. The second kappa shape index (κ2) is 6.02. The van der Waals surface area contributed by atoms with E-state index in [1.165, 1.54) is 6.42 Å². The van der Waals surface area contributed by atoms with Gasteiger partial charge in [-0.3, -0.25) is 9.80 Å². The highest BCUT2D eigenvalue weighted by Gasteiger charge is 2.15. The van der Waals surface area contributed by atoms with Crippen LogP contribution in [0.1, 0.15) is 46.0 Å². The van der Waals surface area contributed by atoms with Gasteiger partial charge in [0.15, 0.2) is 0 Å². The third-order valence-electron chi connectivity index (χ3n) is 2.60. The van der Waals surface area contributed by atoms with Crippen LogP contribution in [0, 0.1) is 5.92 Å². The van der Waals surface area contributed by atoms with E-state index in [-0.39, 0.29) is 5.91 Å². The van der Waals surface area contributed by atoms with Crippen molar-refractivity contribution in [1.29, 1.82) is 0 Å². The van der Waals surface area contributed by atoms with Crippen LogP contribution in [-0.4, -0.2) is 24.0 Å². The highest BCUT2D eigenvalue weighted by atomic mass is 16.2. The van der Waals surface area contributed by atoms with E-state index >= 15 is 0 Å². The lowest BCUT2D eigenvalue weighted by atomic mass is 10.1. The van der Waals surface area contributed by atoms with E-state index in [4.69, 9.17) is 0 Å². The summed E-state index contributed by atoms with van der Waals surface area (Å²) in [5, 5.41) is 1.81. The molecule has 0 aromatic carbocycles. The average Bonchev–Trinajstić information content (AvgIpc) is 2.31. The van der Waals surface area contributed by atoms with E-state index in [1.54, 1.807) is 0 Å². The minimum Gasteiger partial charge on any atom is -0.278 e. The number of hydrogen-bond donors (Lipinski definition) is 1. The zero-order chi connectivity index (χ0) is 10.4. The first-order valence-electron chi connectivity index (χ1n) is 5.74. The molecule has 0 atom stereocenters. The smallest absolute Gasteiger partial charge is 0.236 e. The van der Waals surface area contributed by atoms with Gasteiger partial charge in [0, 0.05) is 19.5 Å². The Morgan fingerprint density at radius 1 is 1.36 bits per heavy atom. The van der Waals surface area contributed by atoms with Gasteiger partial charge in [-0.2, -0.15) is 0 Å². The third-order valence-corrected chi connectivity index (χ3v) is 2.60. The van der Waals surface area contributed by atoms with Crippen LogP contribution in [0.5, 0.6) is 0 Å². The quantitative estimate of drug-likeness (QED) is 0.748. The molecule has 3 heteroatoms. The summed E-state index contributed by atoms with van der Waals surface area (Å²) >= 11 is 0. The molecule has 3 nitrogen and oxygen atoms in total. The second-order valence-corrected chi connectivity index (χ2v) is 4.45. The number of hydrazine groups is 1. The number of carbonyl (C=O) groups excluding carboxylic acids is 1. The Balaban J connectivity index is 2.23. The van der Waals surface area contributed by atoms with Gasteiger partial charge in [0.05, 0.1) is 0 Å². The molecule has 0 saturated carbocycles. The van der Waals surface area contributed by atoms with Crippen molar-refractivity contribution in [3.05, 3.63) is 0 Å². The fourth-order valence-electron chi connectivity index (χ4n) is 1.64. The van der Waals surface area contributed by atoms with Gasteiger partial charge in [-0.15, -0.1) is 0 Å². The lowest BCUT2D eigenvalue weighted by Gasteiger charge is -2.21. The van der Waals surface area contributed by atoms with Gasteiger partial charge in [0.2, 0.25) is 5.91 Å². The number of rotatable bonds is 4. The maximum absolute atomic E-state index is 11.6. The molecule has 0 unspecified atom stereocenters. The first-order chi connectivity index (χ1) is 6.70. The van der Waals surface area contributed by atoms with Crippen LogP contribution in [0.4, 0.5) is 0 Å². The first-order valence-corrected chi connectivity index (χ1v) is 5.74. The van der Waals surface area contributed by atoms with Gasteiger partial charge < -0.3 is 0 Å². The van der Waals surface area contributed by atoms with E-state index < -0.39 is 0 Å². The monoisotopic (exact) mass is 198 g/mol. The summed E-state index contributed by atoms with van der Waals surface area (Å²) < 4.78 is 0. The van der Waals surface area contributed by atoms with E-state index in [2.05, 4.69) is 19.3 Å². The molecule has 0 aromatic rings. The summed E-state index contributed by atoms with van der Waals surface area (Å²) in [4.78, 5) is 11.6. The predicted octanol–water partition coefficient (Wildman–Crippen LogP) is 1.94. The SMILES string of the molecule is CC(C)CCNN1CCCCCC1=O. The van der Waals surface area contributed by atoms with Gasteiger partial charge in [-0.05, 0) is 25.2 Å². The van der Waals surface area contributed by atoms with Gasteiger partial charge in [-0.1, -0.05) is 20.3 Å². The van der Waals surface area contributed by atoms with Crippen molar-refractivity contribution >= 4 is 5.91 Å². The van der Waals surface area contributed by atoms with Crippen LogP contribution in [0.25, 0.3) is 0 Å². The fourth-order valence-corrected chi connectivity index (χ4v) is 1.64. The second-order valence-electron chi connectivity index (χ2n) is 4.45. The molecular weight excluding hydrogens is 176 g/mol. The summed E-state index contributed by atoms with van der Waals surface area (Å²) in [6, 6.07) is 0. The molecule has 1 fully saturated rings. The molecule has 1 aliphatic rings.